The van der Waals surface area contributed by atoms with Crippen molar-refractivity contribution in [1.82, 2.24) is 15.1 Å². The number of hydrogen-bond donors (Lipinski definition) is 1. The lowest BCUT2D eigenvalue weighted by molar-refractivity contribution is 0.553. The zero-order valence-electron chi connectivity index (χ0n) is 13.9. The van der Waals surface area contributed by atoms with Crippen molar-refractivity contribution in [3.8, 4) is 0 Å². The molecular weight excluding hydrogens is 286 g/mol. The molecule has 1 heterocycles. The summed E-state index contributed by atoms with van der Waals surface area (Å²) >= 11 is 0. The molecule has 0 saturated heterocycles. The Morgan fingerprint density at radius 1 is 1.29 bits per heavy atom. The number of aromatic nitrogens is 2. The highest BCUT2D eigenvalue weighted by atomic mass is 32.2. The third-order valence-electron chi connectivity index (χ3n) is 3.84. The molecule has 1 rings (SSSR count). The Hall–Kier alpha value is -0.880. The molecule has 0 radical (unpaired) electrons. The van der Waals surface area contributed by atoms with E-state index in [4.69, 9.17) is 0 Å². The third-order valence-corrected chi connectivity index (χ3v) is 5.63. The van der Waals surface area contributed by atoms with Crippen molar-refractivity contribution in [2.75, 3.05) is 18.1 Å². The number of nitrogens with one attached hydrogen (secondary N) is 1. The van der Waals surface area contributed by atoms with Gasteiger partial charge < -0.3 is 5.32 Å². The molecule has 1 aromatic heterocycles. The Bertz CT molecular complexity index is 550. The molecule has 0 aromatic carbocycles. The van der Waals surface area contributed by atoms with Crippen molar-refractivity contribution in [1.29, 1.82) is 0 Å². The van der Waals surface area contributed by atoms with E-state index in [2.05, 4.69) is 31.2 Å². The highest BCUT2D eigenvalue weighted by Gasteiger charge is 2.17. The van der Waals surface area contributed by atoms with Gasteiger partial charge in [-0.25, -0.2) is 8.42 Å². The fourth-order valence-corrected chi connectivity index (χ4v) is 3.45. The van der Waals surface area contributed by atoms with E-state index in [1.165, 1.54) is 5.56 Å². The van der Waals surface area contributed by atoms with Crippen molar-refractivity contribution in [2.24, 2.45) is 0 Å². The second kappa shape index (κ2) is 7.94. The third kappa shape index (κ3) is 5.11. The minimum atomic E-state index is -2.89. The maximum atomic E-state index is 11.5. The van der Waals surface area contributed by atoms with Crippen LogP contribution in [-0.2, 0) is 16.4 Å². The van der Waals surface area contributed by atoms with Gasteiger partial charge in [0.25, 0.3) is 0 Å². The molecular formula is C15H29N3O2S. The Morgan fingerprint density at radius 3 is 2.52 bits per heavy atom. The number of hydrogen-bond acceptors (Lipinski definition) is 4. The highest BCUT2D eigenvalue weighted by molar-refractivity contribution is 7.91. The molecule has 0 spiro atoms. The van der Waals surface area contributed by atoms with Crippen molar-refractivity contribution in [2.45, 2.75) is 60.0 Å². The van der Waals surface area contributed by atoms with E-state index in [9.17, 15) is 8.42 Å². The lowest BCUT2D eigenvalue weighted by atomic mass is 10.1. The largest absolute Gasteiger partial charge is 0.310 e. The van der Waals surface area contributed by atoms with E-state index < -0.39 is 9.84 Å². The summed E-state index contributed by atoms with van der Waals surface area (Å²) in [5.74, 6) is 0.453. The van der Waals surface area contributed by atoms with Crippen molar-refractivity contribution < 1.29 is 8.42 Å². The van der Waals surface area contributed by atoms with Gasteiger partial charge in [0.05, 0.1) is 11.4 Å². The van der Waals surface area contributed by atoms with Gasteiger partial charge in [0.15, 0.2) is 0 Å². The first-order valence-electron chi connectivity index (χ1n) is 7.80. The van der Waals surface area contributed by atoms with E-state index in [1.807, 2.05) is 11.6 Å². The number of sulfone groups is 1. The van der Waals surface area contributed by atoms with Crippen molar-refractivity contribution >= 4 is 9.84 Å². The maximum Gasteiger partial charge on any atom is 0.150 e. The average Bonchev–Trinajstić information content (AvgIpc) is 2.71. The highest BCUT2D eigenvalue weighted by Crippen LogP contribution is 2.21. The second-order valence-corrected chi connectivity index (χ2v) is 8.05. The summed E-state index contributed by atoms with van der Waals surface area (Å²) in [7, 11) is -2.89. The second-order valence-electron chi connectivity index (χ2n) is 5.57. The van der Waals surface area contributed by atoms with Gasteiger partial charge in [-0.3, -0.25) is 4.68 Å². The molecule has 1 aromatic rings. The van der Waals surface area contributed by atoms with Crippen molar-refractivity contribution in [3.63, 3.8) is 0 Å². The van der Waals surface area contributed by atoms with Crippen LogP contribution in [0.25, 0.3) is 0 Å². The van der Waals surface area contributed by atoms with Gasteiger partial charge in [0, 0.05) is 29.6 Å². The van der Waals surface area contributed by atoms with Crippen LogP contribution in [0.15, 0.2) is 0 Å². The smallest absolute Gasteiger partial charge is 0.150 e. The molecule has 1 unspecified atom stereocenters. The maximum absolute atomic E-state index is 11.5. The fourth-order valence-electron chi connectivity index (χ4n) is 2.60. The van der Waals surface area contributed by atoms with Gasteiger partial charge in [-0.1, -0.05) is 13.8 Å². The number of nitrogens with zero attached hydrogens (tertiary/aromatic N) is 2. The van der Waals surface area contributed by atoms with E-state index in [1.54, 1.807) is 6.92 Å². The molecule has 5 nitrogen and oxygen atoms in total. The standard InChI is InChI=1S/C15H29N3O2S/c1-6-9-16-12(3)15-13(4)17-18(14(15)5)10-8-11-21(19,20)7-2/h12,16H,6-11H2,1-5H3. The summed E-state index contributed by atoms with van der Waals surface area (Å²) in [4.78, 5) is 0. The van der Waals surface area contributed by atoms with E-state index in [0.29, 0.717) is 13.0 Å². The normalized spacial score (nSPS) is 13.6. The van der Waals surface area contributed by atoms with Crippen LogP contribution in [0, 0.1) is 13.8 Å². The van der Waals surface area contributed by atoms with Crippen LogP contribution in [0.1, 0.15) is 56.6 Å². The van der Waals surface area contributed by atoms with Gasteiger partial charge in [-0.2, -0.15) is 5.10 Å². The van der Waals surface area contributed by atoms with Crippen LogP contribution in [0.3, 0.4) is 0 Å². The van der Waals surface area contributed by atoms with Gasteiger partial charge in [-0.15, -0.1) is 0 Å². The molecule has 1 N–H and O–H groups in total. The molecule has 21 heavy (non-hydrogen) atoms. The van der Waals surface area contributed by atoms with E-state index in [-0.39, 0.29) is 17.5 Å². The summed E-state index contributed by atoms with van der Waals surface area (Å²) in [6, 6.07) is 0.276. The molecule has 0 bridgehead atoms. The first kappa shape index (κ1) is 18.2. The minimum Gasteiger partial charge on any atom is -0.310 e. The summed E-state index contributed by atoms with van der Waals surface area (Å²) in [6.07, 6.45) is 1.72. The SMILES string of the molecule is CCCNC(C)c1c(C)nn(CCCS(=O)(=O)CC)c1C. The van der Waals surface area contributed by atoms with E-state index >= 15 is 0 Å². The Morgan fingerprint density at radius 2 is 1.95 bits per heavy atom. The minimum absolute atomic E-state index is 0.216. The summed E-state index contributed by atoms with van der Waals surface area (Å²) in [5.41, 5.74) is 3.40. The molecule has 0 amide bonds. The molecule has 0 aliphatic heterocycles. The summed E-state index contributed by atoms with van der Waals surface area (Å²) < 4.78 is 25.0. The van der Waals surface area contributed by atoms with Crippen LogP contribution in [0.5, 0.6) is 0 Å². The van der Waals surface area contributed by atoms with Crippen LogP contribution in [0.4, 0.5) is 0 Å². The first-order valence-corrected chi connectivity index (χ1v) is 9.62. The van der Waals surface area contributed by atoms with E-state index in [0.717, 1.165) is 24.4 Å². The average molecular weight is 315 g/mol. The zero-order chi connectivity index (χ0) is 16.0. The summed E-state index contributed by atoms with van der Waals surface area (Å²) in [5, 5.41) is 8.05. The van der Waals surface area contributed by atoms with Crippen LogP contribution in [0.2, 0.25) is 0 Å². The molecule has 0 aliphatic carbocycles. The predicted octanol–water partition coefficient (Wildman–Crippen LogP) is 2.39. The van der Waals surface area contributed by atoms with Gasteiger partial charge in [0.2, 0.25) is 0 Å². The lowest BCUT2D eigenvalue weighted by Gasteiger charge is -2.14. The molecule has 122 valence electrons. The molecule has 0 saturated carbocycles. The predicted molar refractivity (Wildman–Crippen MR) is 87.4 cm³/mol. The first-order chi connectivity index (χ1) is 9.82. The quantitative estimate of drug-likeness (QED) is 0.760. The lowest BCUT2D eigenvalue weighted by Crippen LogP contribution is -2.20. The van der Waals surface area contributed by atoms with Crippen LogP contribution >= 0.6 is 0 Å². The molecule has 0 aliphatic rings. The Labute approximate surface area is 129 Å². The van der Waals surface area contributed by atoms with Crippen LogP contribution in [-0.4, -0.2) is 36.2 Å². The summed E-state index contributed by atoms with van der Waals surface area (Å²) in [6.45, 7) is 11.7. The molecule has 1 atom stereocenters. The molecule has 0 fully saturated rings. The Kier molecular flexibility index (Phi) is 6.87. The van der Waals surface area contributed by atoms with Crippen LogP contribution < -0.4 is 5.32 Å². The van der Waals surface area contributed by atoms with Gasteiger partial charge >= 0.3 is 0 Å². The molecule has 6 heteroatoms. The van der Waals surface area contributed by atoms with Gasteiger partial charge in [-0.05, 0) is 40.2 Å². The zero-order valence-corrected chi connectivity index (χ0v) is 14.8. The topological polar surface area (TPSA) is 64.0 Å². The fraction of sp³-hybridized carbons (Fsp3) is 0.800. The van der Waals surface area contributed by atoms with Crippen molar-refractivity contribution in [3.05, 3.63) is 17.0 Å². The number of rotatable bonds is 9. The van der Waals surface area contributed by atoms with Gasteiger partial charge in [0.1, 0.15) is 9.84 Å². The monoisotopic (exact) mass is 315 g/mol. The number of aryl methyl sites for hydroxylation is 2. The Balaban J connectivity index is 2.73.